The highest BCUT2D eigenvalue weighted by molar-refractivity contribution is 5.96. The summed E-state index contributed by atoms with van der Waals surface area (Å²) in [5.41, 5.74) is 21.1. The molecule has 0 radical (unpaired) electrons. The fourth-order valence-corrected chi connectivity index (χ4v) is 3.31. The highest BCUT2D eigenvalue weighted by Crippen LogP contribution is 2.18. The van der Waals surface area contributed by atoms with Gasteiger partial charge in [-0.15, -0.1) is 0 Å². The van der Waals surface area contributed by atoms with Crippen molar-refractivity contribution in [1.82, 2.24) is 15.5 Å². The van der Waals surface area contributed by atoms with E-state index >= 15 is 0 Å². The molecule has 4 atom stereocenters. The molecule has 1 rings (SSSR count). The zero-order valence-corrected chi connectivity index (χ0v) is 18.1. The van der Waals surface area contributed by atoms with Crippen LogP contribution < -0.4 is 33.6 Å². The topological polar surface area (TPSA) is 270 Å². The summed E-state index contributed by atoms with van der Waals surface area (Å²) < 4.78 is 0. The molecule has 12 N–H and O–H groups in total. The summed E-state index contributed by atoms with van der Waals surface area (Å²) in [7, 11) is 0. The summed E-state index contributed by atoms with van der Waals surface area (Å²) in [5.74, 6) is -4.68. The highest BCUT2D eigenvalue weighted by atomic mass is 16.4. The Balaban J connectivity index is 2.86. The Labute approximate surface area is 189 Å². The zero-order valence-electron chi connectivity index (χ0n) is 18.1. The average molecular weight is 473 g/mol. The van der Waals surface area contributed by atoms with Crippen molar-refractivity contribution in [3.05, 3.63) is 0 Å². The molecule has 1 aliphatic heterocycles. The second-order valence-electron chi connectivity index (χ2n) is 7.56. The van der Waals surface area contributed by atoms with Gasteiger partial charge in [-0.2, -0.15) is 0 Å². The number of amides is 4. The fraction of sp³-hybridized carbons (Fsp3) is 0.667. The van der Waals surface area contributed by atoms with E-state index in [9.17, 15) is 29.1 Å². The molecule has 0 aromatic rings. The van der Waals surface area contributed by atoms with E-state index in [0.29, 0.717) is 6.42 Å². The Bertz CT molecular complexity index is 771. The first-order valence-corrected chi connectivity index (χ1v) is 10.3. The van der Waals surface area contributed by atoms with Gasteiger partial charge in [-0.3, -0.25) is 24.2 Å². The van der Waals surface area contributed by atoms with Crippen LogP contribution in [0, 0.1) is 0 Å². The van der Waals surface area contributed by atoms with E-state index in [1.54, 1.807) is 0 Å². The molecule has 0 bridgehead atoms. The van der Waals surface area contributed by atoms with Crippen LogP contribution in [0.3, 0.4) is 0 Å². The number of primary amides is 1. The molecule has 0 aromatic heterocycles. The second-order valence-corrected chi connectivity index (χ2v) is 7.56. The number of nitrogens with two attached hydrogens (primary N) is 4. The number of aliphatic imine (C=N–C) groups is 1. The van der Waals surface area contributed by atoms with Gasteiger partial charge in [-0.25, -0.2) is 4.79 Å². The van der Waals surface area contributed by atoms with E-state index in [4.69, 9.17) is 28.0 Å². The number of nitrogens with zero attached hydrogens (tertiary/aromatic N) is 2. The average Bonchev–Trinajstić information content (AvgIpc) is 3.23. The van der Waals surface area contributed by atoms with Crippen LogP contribution in [0.5, 0.6) is 0 Å². The molecular weight excluding hydrogens is 440 g/mol. The molecule has 0 spiro atoms. The summed E-state index contributed by atoms with van der Waals surface area (Å²) in [6.07, 6.45) is 0.411. The maximum atomic E-state index is 12.8. The minimum Gasteiger partial charge on any atom is -0.480 e. The normalized spacial score (nSPS) is 18.0. The van der Waals surface area contributed by atoms with Crippen LogP contribution >= 0.6 is 0 Å². The van der Waals surface area contributed by atoms with E-state index in [1.165, 1.54) is 4.90 Å². The molecule has 1 aliphatic rings. The number of hydrogen-bond acceptors (Lipinski definition) is 8. The van der Waals surface area contributed by atoms with Crippen molar-refractivity contribution < 1.29 is 34.2 Å². The van der Waals surface area contributed by atoms with Crippen molar-refractivity contribution in [2.75, 3.05) is 19.7 Å². The van der Waals surface area contributed by atoms with Crippen LogP contribution in [0.15, 0.2) is 4.99 Å². The smallest absolute Gasteiger partial charge is 0.326 e. The standard InChI is InChI=1S/C18H32N8O7/c19-9(8-27)16(31)26-6-2-4-12(26)15(30)25-11(7-13(20)28)14(29)24-10(17(32)33)3-1-5-23-18(21)22/h9-12,27H,1-8,19H2,(H2,20,28)(H,24,29)(H,25,30)(H,32,33)(H4,21,22,23). The SMILES string of the molecule is NC(=O)CC(NC(=O)C1CCCN1C(=O)C(N)CO)C(=O)NC(CCCN=C(N)N)C(=O)O. The first-order valence-electron chi connectivity index (χ1n) is 10.3. The van der Waals surface area contributed by atoms with Crippen LogP contribution in [0.1, 0.15) is 32.1 Å². The summed E-state index contributed by atoms with van der Waals surface area (Å²) in [6.45, 7) is -0.227. The summed E-state index contributed by atoms with van der Waals surface area (Å²) in [4.78, 5) is 65.6. The number of aliphatic hydroxyl groups is 1. The summed E-state index contributed by atoms with van der Waals surface area (Å²) in [6, 6.07) is -4.95. The Morgan fingerprint density at radius 2 is 1.76 bits per heavy atom. The number of rotatable bonds is 13. The van der Waals surface area contributed by atoms with Crippen molar-refractivity contribution in [3.63, 3.8) is 0 Å². The van der Waals surface area contributed by atoms with Gasteiger partial charge in [0.1, 0.15) is 24.2 Å². The predicted octanol–water partition coefficient (Wildman–Crippen LogP) is -4.72. The van der Waals surface area contributed by atoms with Crippen molar-refractivity contribution in [1.29, 1.82) is 0 Å². The van der Waals surface area contributed by atoms with E-state index in [0.717, 1.165) is 0 Å². The fourth-order valence-electron chi connectivity index (χ4n) is 3.31. The Kier molecular flexibility index (Phi) is 11.0. The minimum atomic E-state index is -1.46. The molecule has 15 nitrogen and oxygen atoms in total. The van der Waals surface area contributed by atoms with E-state index in [-0.39, 0.29) is 38.3 Å². The van der Waals surface area contributed by atoms with Gasteiger partial charge in [0.2, 0.25) is 23.6 Å². The molecular formula is C18H32N8O7. The van der Waals surface area contributed by atoms with Gasteiger partial charge in [-0.05, 0) is 25.7 Å². The third-order valence-electron chi connectivity index (χ3n) is 4.95. The molecule has 1 saturated heterocycles. The zero-order chi connectivity index (χ0) is 25.1. The molecule has 0 aliphatic carbocycles. The van der Waals surface area contributed by atoms with Crippen molar-refractivity contribution in [3.8, 4) is 0 Å². The van der Waals surface area contributed by atoms with Crippen LogP contribution in [0.2, 0.25) is 0 Å². The number of aliphatic carboxylic acids is 1. The monoisotopic (exact) mass is 472 g/mol. The van der Waals surface area contributed by atoms with Gasteiger partial charge >= 0.3 is 5.97 Å². The largest absolute Gasteiger partial charge is 0.480 e. The molecule has 1 fully saturated rings. The lowest BCUT2D eigenvalue weighted by atomic mass is 10.1. The molecule has 4 amide bonds. The van der Waals surface area contributed by atoms with Crippen LogP contribution in [-0.2, 0) is 24.0 Å². The molecule has 33 heavy (non-hydrogen) atoms. The lowest BCUT2D eigenvalue weighted by Crippen LogP contribution is -2.57. The van der Waals surface area contributed by atoms with Crippen LogP contribution in [0.25, 0.3) is 0 Å². The Morgan fingerprint density at radius 1 is 1.09 bits per heavy atom. The lowest BCUT2D eigenvalue weighted by molar-refractivity contribution is -0.143. The first-order chi connectivity index (χ1) is 15.5. The molecule has 1 heterocycles. The molecule has 0 aromatic carbocycles. The number of carboxylic acid groups (broad SMARTS) is 1. The number of carbonyl (C=O) groups is 5. The van der Waals surface area contributed by atoms with Gasteiger partial charge in [0.15, 0.2) is 5.96 Å². The lowest BCUT2D eigenvalue weighted by Gasteiger charge is -2.28. The molecule has 0 saturated carbocycles. The summed E-state index contributed by atoms with van der Waals surface area (Å²) in [5, 5.41) is 23.1. The molecule has 4 unspecified atom stereocenters. The number of aliphatic hydroxyl groups excluding tert-OH is 1. The first kappa shape index (κ1) is 27.6. The van der Waals surface area contributed by atoms with Gasteiger partial charge in [0.25, 0.3) is 0 Å². The number of nitrogens with one attached hydrogen (secondary N) is 2. The van der Waals surface area contributed by atoms with Crippen molar-refractivity contribution >= 4 is 35.6 Å². The number of carboxylic acids is 1. The Hall–Kier alpha value is -3.46. The van der Waals surface area contributed by atoms with Gasteiger partial charge in [0, 0.05) is 13.1 Å². The van der Waals surface area contributed by atoms with Crippen molar-refractivity contribution in [2.24, 2.45) is 27.9 Å². The minimum absolute atomic E-state index is 0.0148. The van der Waals surface area contributed by atoms with Crippen molar-refractivity contribution in [2.45, 2.75) is 56.3 Å². The van der Waals surface area contributed by atoms with E-state index in [2.05, 4.69) is 15.6 Å². The van der Waals surface area contributed by atoms with Gasteiger partial charge < -0.3 is 48.7 Å². The Morgan fingerprint density at radius 3 is 2.30 bits per heavy atom. The maximum Gasteiger partial charge on any atom is 0.326 e. The number of hydrogen-bond donors (Lipinski definition) is 8. The predicted molar refractivity (Wildman–Crippen MR) is 115 cm³/mol. The third-order valence-corrected chi connectivity index (χ3v) is 4.95. The molecule has 186 valence electrons. The second kappa shape index (κ2) is 13.2. The third kappa shape index (κ3) is 8.89. The highest BCUT2D eigenvalue weighted by Gasteiger charge is 2.38. The number of likely N-dealkylation sites (tertiary alicyclic amines) is 1. The van der Waals surface area contributed by atoms with E-state index < -0.39 is 66.8 Å². The van der Waals surface area contributed by atoms with Crippen LogP contribution in [-0.4, -0.2) is 94.5 Å². The van der Waals surface area contributed by atoms with Crippen LogP contribution in [0.4, 0.5) is 0 Å². The van der Waals surface area contributed by atoms with Gasteiger partial charge in [0.05, 0.1) is 13.0 Å². The quantitative estimate of drug-likeness (QED) is 0.0720. The number of guanidine groups is 1. The van der Waals surface area contributed by atoms with Gasteiger partial charge in [-0.1, -0.05) is 0 Å². The summed E-state index contributed by atoms with van der Waals surface area (Å²) >= 11 is 0. The van der Waals surface area contributed by atoms with E-state index in [1.807, 2.05) is 0 Å². The number of carbonyl (C=O) groups excluding carboxylic acids is 4. The molecule has 15 heteroatoms. The maximum absolute atomic E-state index is 12.8.